The molecule has 0 fully saturated rings. The first kappa shape index (κ1) is 22.1. The number of furan rings is 1. The second-order valence-electron chi connectivity index (χ2n) is 6.15. The van der Waals surface area contributed by atoms with Gasteiger partial charge in [-0.25, -0.2) is 4.99 Å². The van der Waals surface area contributed by atoms with Crippen molar-refractivity contribution in [2.45, 2.75) is 13.0 Å². The van der Waals surface area contributed by atoms with E-state index in [4.69, 9.17) is 4.42 Å². The number of hydrogen-bond acceptors (Lipinski definition) is 3. The van der Waals surface area contributed by atoms with Crippen LogP contribution in [0.3, 0.4) is 0 Å². The molecule has 2 heterocycles. The molecule has 0 radical (unpaired) electrons. The fourth-order valence-electron chi connectivity index (χ4n) is 2.33. The molecule has 7 nitrogen and oxygen atoms in total. The molecule has 0 bridgehead atoms. The summed E-state index contributed by atoms with van der Waals surface area (Å²) in [5.41, 5.74) is 1.17. The summed E-state index contributed by atoms with van der Waals surface area (Å²) in [5, 5.41) is 3.32. The lowest BCUT2D eigenvalue weighted by Crippen LogP contribution is -2.40. The zero-order valence-corrected chi connectivity index (χ0v) is 18.1. The first-order valence-electron chi connectivity index (χ1n) is 8.29. The van der Waals surface area contributed by atoms with Gasteiger partial charge in [0.2, 0.25) is 5.91 Å². The molecule has 0 aliphatic carbocycles. The van der Waals surface area contributed by atoms with Gasteiger partial charge in [-0.15, -0.1) is 24.0 Å². The number of amides is 1. The van der Waals surface area contributed by atoms with Crippen LogP contribution in [0.2, 0.25) is 0 Å². The van der Waals surface area contributed by atoms with Crippen molar-refractivity contribution >= 4 is 35.8 Å². The van der Waals surface area contributed by atoms with Gasteiger partial charge < -0.3 is 24.1 Å². The molecule has 0 aromatic carbocycles. The van der Waals surface area contributed by atoms with E-state index in [2.05, 4.69) is 20.9 Å². The van der Waals surface area contributed by atoms with Crippen molar-refractivity contribution in [1.29, 1.82) is 0 Å². The van der Waals surface area contributed by atoms with Gasteiger partial charge in [-0.2, -0.15) is 0 Å². The average Bonchev–Trinajstić information content (AvgIpc) is 3.22. The predicted octanol–water partition coefficient (Wildman–Crippen LogP) is 1.94. The Hall–Kier alpha value is -1.97. The van der Waals surface area contributed by atoms with E-state index in [0.29, 0.717) is 19.0 Å². The minimum absolute atomic E-state index is 0. The molecule has 0 unspecified atom stereocenters. The Morgan fingerprint density at radius 3 is 2.62 bits per heavy atom. The van der Waals surface area contributed by atoms with Gasteiger partial charge in [0.1, 0.15) is 12.3 Å². The monoisotopic (exact) mass is 473 g/mol. The van der Waals surface area contributed by atoms with Crippen molar-refractivity contribution < 1.29 is 9.21 Å². The molecule has 0 spiro atoms. The minimum atomic E-state index is -0.0300. The quantitative estimate of drug-likeness (QED) is 0.380. The number of carbonyl (C=O) groups excluding carboxylic acids is 1. The SMILES string of the molecule is CN(C)C(=O)CN=C(NCCc1ccco1)N(C)Cc1cccn1C.I. The Balaban J connectivity index is 0.00000338. The van der Waals surface area contributed by atoms with Crippen molar-refractivity contribution in [2.24, 2.45) is 12.0 Å². The third kappa shape index (κ3) is 6.74. The van der Waals surface area contributed by atoms with Crippen LogP contribution in [0.25, 0.3) is 0 Å². The largest absolute Gasteiger partial charge is 0.469 e. The molecule has 144 valence electrons. The third-order valence-corrected chi connectivity index (χ3v) is 3.91. The Bertz CT molecular complexity index is 694. The van der Waals surface area contributed by atoms with E-state index in [9.17, 15) is 4.79 Å². The molecule has 0 saturated carbocycles. The van der Waals surface area contributed by atoms with E-state index >= 15 is 0 Å². The van der Waals surface area contributed by atoms with Gasteiger partial charge in [-0.3, -0.25) is 4.79 Å². The van der Waals surface area contributed by atoms with Crippen LogP contribution in [0, 0.1) is 0 Å². The molecule has 0 saturated heterocycles. The number of rotatable bonds is 7. The van der Waals surface area contributed by atoms with Crippen LogP contribution >= 0.6 is 24.0 Å². The molecule has 26 heavy (non-hydrogen) atoms. The number of nitrogens with zero attached hydrogens (tertiary/aromatic N) is 4. The summed E-state index contributed by atoms with van der Waals surface area (Å²) in [7, 11) is 7.44. The lowest BCUT2D eigenvalue weighted by molar-refractivity contribution is -0.127. The van der Waals surface area contributed by atoms with Crippen molar-refractivity contribution in [3.05, 3.63) is 48.2 Å². The molecule has 1 amide bonds. The van der Waals surface area contributed by atoms with Gasteiger partial charge in [-0.1, -0.05) is 0 Å². The zero-order valence-electron chi connectivity index (χ0n) is 15.8. The molecule has 2 rings (SSSR count). The number of halogens is 1. The van der Waals surface area contributed by atoms with Crippen LogP contribution in [0.1, 0.15) is 11.5 Å². The van der Waals surface area contributed by atoms with Gasteiger partial charge in [0.15, 0.2) is 5.96 Å². The van der Waals surface area contributed by atoms with Crippen molar-refractivity contribution in [1.82, 2.24) is 19.7 Å². The minimum Gasteiger partial charge on any atom is -0.469 e. The highest BCUT2D eigenvalue weighted by Crippen LogP contribution is 2.04. The number of hydrogen-bond donors (Lipinski definition) is 1. The molecule has 8 heteroatoms. The topological polar surface area (TPSA) is 66.0 Å². The summed E-state index contributed by atoms with van der Waals surface area (Å²) in [5.74, 6) is 1.59. The number of aromatic nitrogens is 1. The molecule has 0 aliphatic rings. The number of carbonyl (C=O) groups is 1. The van der Waals surface area contributed by atoms with Gasteiger partial charge in [-0.05, 0) is 24.3 Å². The fraction of sp³-hybridized carbons (Fsp3) is 0.444. The average molecular weight is 473 g/mol. The lowest BCUT2D eigenvalue weighted by atomic mass is 10.3. The summed E-state index contributed by atoms with van der Waals surface area (Å²) in [6, 6.07) is 7.91. The second-order valence-corrected chi connectivity index (χ2v) is 6.15. The number of guanidine groups is 1. The van der Waals surface area contributed by atoms with Crippen LogP contribution in [0.5, 0.6) is 0 Å². The Morgan fingerprint density at radius 2 is 2.04 bits per heavy atom. The van der Waals surface area contributed by atoms with E-state index in [-0.39, 0.29) is 36.4 Å². The van der Waals surface area contributed by atoms with Gasteiger partial charge in [0.25, 0.3) is 0 Å². The zero-order chi connectivity index (χ0) is 18.2. The van der Waals surface area contributed by atoms with Gasteiger partial charge >= 0.3 is 0 Å². The summed E-state index contributed by atoms with van der Waals surface area (Å²) in [4.78, 5) is 19.9. The highest BCUT2D eigenvalue weighted by molar-refractivity contribution is 14.0. The lowest BCUT2D eigenvalue weighted by Gasteiger charge is -2.23. The Morgan fingerprint density at radius 1 is 1.27 bits per heavy atom. The first-order valence-corrected chi connectivity index (χ1v) is 8.29. The maximum atomic E-state index is 11.9. The normalized spacial score (nSPS) is 11.0. The molecule has 0 atom stereocenters. The number of likely N-dealkylation sites (N-methyl/N-ethyl adjacent to an activating group) is 1. The Labute approximate surface area is 172 Å². The number of nitrogens with one attached hydrogen (secondary N) is 1. The molecule has 2 aromatic rings. The maximum absolute atomic E-state index is 11.9. The third-order valence-electron chi connectivity index (χ3n) is 3.91. The second kappa shape index (κ2) is 10.9. The standard InChI is InChI=1S/C18H27N5O2.HI/c1-21(2)17(24)13-20-18(19-10-9-16-8-6-12-25-16)23(4)14-15-7-5-11-22(15)3;/h5-8,11-12H,9-10,13-14H2,1-4H3,(H,19,20);1H. The number of aliphatic imine (C=N–C) groups is 1. The summed E-state index contributed by atoms with van der Waals surface area (Å²) >= 11 is 0. The first-order chi connectivity index (χ1) is 12.0. The van der Waals surface area contributed by atoms with Crippen molar-refractivity contribution in [3.8, 4) is 0 Å². The Kier molecular flexibility index (Phi) is 9.25. The molecule has 2 aromatic heterocycles. The van der Waals surface area contributed by atoms with Crippen molar-refractivity contribution in [3.63, 3.8) is 0 Å². The molecule has 0 aliphatic heterocycles. The van der Waals surface area contributed by atoms with Crippen LogP contribution in [-0.2, 0) is 24.8 Å². The highest BCUT2D eigenvalue weighted by atomic mass is 127. The van der Waals surface area contributed by atoms with Crippen LogP contribution in [0.15, 0.2) is 46.1 Å². The van der Waals surface area contributed by atoms with Crippen molar-refractivity contribution in [2.75, 3.05) is 34.2 Å². The van der Waals surface area contributed by atoms with Crippen LogP contribution in [-0.4, -0.2) is 60.5 Å². The molecular formula is C18H28IN5O2. The summed E-state index contributed by atoms with van der Waals surface area (Å²) in [6.45, 7) is 1.50. The van der Waals surface area contributed by atoms with Crippen LogP contribution < -0.4 is 5.32 Å². The number of aryl methyl sites for hydroxylation is 1. The van der Waals surface area contributed by atoms with Gasteiger partial charge in [0, 0.05) is 53.0 Å². The highest BCUT2D eigenvalue weighted by Gasteiger charge is 2.11. The molecular weight excluding hydrogens is 445 g/mol. The van der Waals surface area contributed by atoms with E-state index < -0.39 is 0 Å². The summed E-state index contributed by atoms with van der Waals surface area (Å²) < 4.78 is 7.42. The molecule has 1 N–H and O–H groups in total. The smallest absolute Gasteiger partial charge is 0.243 e. The maximum Gasteiger partial charge on any atom is 0.243 e. The predicted molar refractivity (Wildman–Crippen MR) is 114 cm³/mol. The fourth-order valence-corrected chi connectivity index (χ4v) is 2.33. The summed E-state index contributed by atoms with van der Waals surface area (Å²) in [6.07, 6.45) is 4.44. The van der Waals surface area contributed by atoms with E-state index in [0.717, 1.165) is 12.2 Å². The van der Waals surface area contributed by atoms with E-state index in [1.165, 1.54) is 5.69 Å². The van der Waals surface area contributed by atoms with E-state index in [1.807, 2.05) is 43.4 Å². The van der Waals surface area contributed by atoms with Gasteiger partial charge in [0.05, 0.1) is 12.8 Å². The van der Waals surface area contributed by atoms with Crippen LogP contribution in [0.4, 0.5) is 0 Å². The van der Waals surface area contributed by atoms with E-state index in [1.54, 1.807) is 25.3 Å².